The number of benzene rings is 5. The van der Waals surface area contributed by atoms with Gasteiger partial charge in [-0.3, -0.25) is 0 Å². The Hall–Kier alpha value is -5.09. The number of hydrogen-bond acceptors (Lipinski definition) is 2. The molecule has 248 valence electrons. The minimum Gasteiger partial charge on any atom is -0.457 e. The van der Waals surface area contributed by atoms with E-state index >= 15 is 0 Å². The normalized spacial score (nSPS) is 12.1. The van der Waals surface area contributed by atoms with Crippen LogP contribution in [0.2, 0.25) is 0 Å². The molecule has 0 bridgehead atoms. The molecule has 0 aliphatic heterocycles. The molecular formula is C45H47N3O. The number of nitrogens with zero attached hydrogens (tertiary/aromatic N) is 3. The molecule has 2 aromatic heterocycles. The Kier molecular flexibility index (Phi) is 8.22. The van der Waals surface area contributed by atoms with Crippen LogP contribution in [0.4, 0.5) is 0 Å². The predicted molar refractivity (Wildman–Crippen MR) is 206 cm³/mol. The Labute approximate surface area is 291 Å². The summed E-state index contributed by atoms with van der Waals surface area (Å²) in [6.07, 6.45) is 0. The fraction of sp³-hybridized carbons (Fsp3) is 0.267. The minimum absolute atomic E-state index is 0.0504. The third kappa shape index (κ3) is 5.84. The summed E-state index contributed by atoms with van der Waals surface area (Å²) in [4.78, 5) is 0. The number of aromatic nitrogens is 3. The summed E-state index contributed by atoms with van der Waals surface area (Å²) in [7, 11) is 0. The number of ether oxygens (including phenoxy) is 1. The van der Waals surface area contributed by atoms with Gasteiger partial charge in [0.15, 0.2) is 0 Å². The molecule has 0 saturated heterocycles. The third-order valence-electron chi connectivity index (χ3n) is 9.83. The molecule has 2 heterocycles. The second kappa shape index (κ2) is 12.4. The van der Waals surface area contributed by atoms with Gasteiger partial charge in [0.25, 0.3) is 0 Å². The first-order valence-electron chi connectivity index (χ1n) is 17.5. The molecule has 0 N–H and O–H groups in total. The summed E-state index contributed by atoms with van der Waals surface area (Å²) < 4.78 is 11.1. The lowest BCUT2D eigenvalue weighted by atomic mass is 9.84. The van der Waals surface area contributed by atoms with E-state index < -0.39 is 0 Å². The first-order valence-corrected chi connectivity index (χ1v) is 17.5. The summed E-state index contributed by atoms with van der Waals surface area (Å²) >= 11 is 0. The lowest BCUT2D eigenvalue weighted by Crippen LogP contribution is -2.11. The van der Waals surface area contributed by atoms with Gasteiger partial charge in [0.05, 0.1) is 22.4 Å². The highest BCUT2D eigenvalue weighted by Gasteiger charge is 2.23. The average Bonchev–Trinajstić information content (AvgIpc) is 3.56. The molecule has 4 nitrogen and oxygen atoms in total. The van der Waals surface area contributed by atoms with Gasteiger partial charge in [-0.25, -0.2) is 4.68 Å². The molecule has 7 rings (SSSR count). The number of aryl methyl sites for hydroxylation is 1. The maximum atomic E-state index is 6.62. The van der Waals surface area contributed by atoms with Crippen molar-refractivity contribution in [3.8, 4) is 34.0 Å². The van der Waals surface area contributed by atoms with Gasteiger partial charge in [0.2, 0.25) is 0 Å². The molecule has 0 amide bonds. The Morgan fingerprint density at radius 2 is 1.22 bits per heavy atom. The van der Waals surface area contributed by atoms with Gasteiger partial charge in [-0.1, -0.05) is 103 Å². The van der Waals surface area contributed by atoms with E-state index in [1.807, 2.05) is 6.07 Å². The summed E-state index contributed by atoms with van der Waals surface area (Å²) in [5, 5.41) is 7.53. The van der Waals surface area contributed by atoms with Crippen LogP contribution in [0.15, 0.2) is 109 Å². The Bertz CT molecular complexity index is 2300. The molecule has 49 heavy (non-hydrogen) atoms. The van der Waals surface area contributed by atoms with E-state index in [0.717, 1.165) is 39.8 Å². The molecule has 4 heteroatoms. The van der Waals surface area contributed by atoms with Crippen LogP contribution in [-0.4, -0.2) is 14.3 Å². The zero-order valence-electron chi connectivity index (χ0n) is 30.3. The number of para-hydroxylation sites is 1. The van der Waals surface area contributed by atoms with Crippen LogP contribution in [0.25, 0.3) is 44.3 Å². The zero-order chi connectivity index (χ0) is 34.6. The summed E-state index contributed by atoms with van der Waals surface area (Å²) in [6, 6.07) is 39.0. The summed E-state index contributed by atoms with van der Waals surface area (Å²) in [5.74, 6) is 2.38. The predicted octanol–water partition coefficient (Wildman–Crippen LogP) is 12.6. The average molecular weight is 646 g/mol. The van der Waals surface area contributed by atoms with Crippen molar-refractivity contribution in [2.75, 3.05) is 0 Å². The van der Waals surface area contributed by atoms with E-state index in [9.17, 15) is 0 Å². The minimum atomic E-state index is 0.0504. The molecular weight excluding hydrogens is 599 g/mol. The van der Waals surface area contributed by atoms with Crippen LogP contribution in [0.1, 0.15) is 88.4 Å². The molecule has 0 fully saturated rings. The molecule has 0 atom stereocenters. The quantitative estimate of drug-likeness (QED) is 0.173. The van der Waals surface area contributed by atoms with Gasteiger partial charge in [-0.15, -0.1) is 0 Å². The van der Waals surface area contributed by atoms with E-state index in [1.165, 1.54) is 44.1 Å². The topological polar surface area (TPSA) is 32.0 Å². The molecule has 0 aliphatic rings. The molecule has 0 spiro atoms. The van der Waals surface area contributed by atoms with Crippen molar-refractivity contribution in [3.63, 3.8) is 0 Å². The Morgan fingerprint density at radius 1 is 0.592 bits per heavy atom. The van der Waals surface area contributed by atoms with E-state index in [4.69, 9.17) is 9.84 Å². The van der Waals surface area contributed by atoms with Crippen molar-refractivity contribution in [2.45, 2.75) is 79.6 Å². The fourth-order valence-electron chi connectivity index (χ4n) is 7.31. The molecule has 5 aromatic carbocycles. The lowest BCUT2D eigenvalue weighted by Gasteiger charge is -2.20. The van der Waals surface area contributed by atoms with Gasteiger partial charge in [-0.05, 0) is 95.8 Å². The van der Waals surface area contributed by atoms with Gasteiger partial charge < -0.3 is 9.30 Å². The third-order valence-corrected chi connectivity index (χ3v) is 9.83. The van der Waals surface area contributed by atoms with Gasteiger partial charge in [0, 0.05) is 39.8 Å². The number of fused-ring (bicyclic) bond motifs is 3. The number of hydrogen-bond donors (Lipinski definition) is 0. The maximum Gasteiger partial charge on any atom is 0.129 e. The van der Waals surface area contributed by atoms with E-state index in [1.54, 1.807) is 0 Å². The van der Waals surface area contributed by atoms with Crippen molar-refractivity contribution in [1.29, 1.82) is 0 Å². The standard InChI is InChI=1S/C45H47N3O/c1-28(2)37-20-14-21-38(29(3)4)44(37)43-30(5)46-48(31(43)6)34-17-13-18-35(26-34)49-36-23-24-40-39-19-10-11-22-41(39)47(42(40)27-36)33-16-12-15-32(25-33)45(7,8)9/h10-29H,1-9H3. The molecule has 7 aromatic rings. The first kappa shape index (κ1) is 32.5. The largest absolute Gasteiger partial charge is 0.457 e. The van der Waals surface area contributed by atoms with Crippen molar-refractivity contribution in [1.82, 2.24) is 14.3 Å². The molecule has 0 saturated carbocycles. The van der Waals surface area contributed by atoms with Crippen LogP contribution in [-0.2, 0) is 5.41 Å². The van der Waals surface area contributed by atoms with Gasteiger partial charge >= 0.3 is 0 Å². The highest BCUT2D eigenvalue weighted by molar-refractivity contribution is 6.09. The van der Waals surface area contributed by atoms with Crippen LogP contribution in [0, 0.1) is 13.8 Å². The van der Waals surface area contributed by atoms with Crippen molar-refractivity contribution in [3.05, 3.63) is 137 Å². The Balaban J connectivity index is 1.29. The highest BCUT2D eigenvalue weighted by Crippen LogP contribution is 2.41. The van der Waals surface area contributed by atoms with E-state index in [2.05, 4.69) is 175 Å². The van der Waals surface area contributed by atoms with E-state index in [0.29, 0.717) is 11.8 Å². The molecule has 0 aliphatic carbocycles. The lowest BCUT2D eigenvalue weighted by molar-refractivity contribution is 0.483. The van der Waals surface area contributed by atoms with Crippen LogP contribution in [0.3, 0.4) is 0 Å². The smallest absolute Gasteiger partial charge is 0.129 e. The first-order chi connectivity index (χ1) is 23.4. The second-order valence-corrected chi connectivity index (χ2v) is 15.0. The number of rotatable bonds is 7. The van der Waals surface area contributed by atoms with Gasteiger partial charge in [-0.2, -0.15) is 5.10 Å². The maximum absolute atomic E-state index is 6.62. The zero-order valence-corrected chi connectivity index (χ0v) is 30.3. The van der Waals surface area contributed by atoms with Crippen LogP contribution >= 0.6 is 0 Å². The summed E-state index contributed by atoms with van der Waals surface area (Å²) in [6.45, 7) is 20.2. The van der Waals surface area contributed by atoms with E-state index in [-0.39, 0.29) is 5.41 Å². The summed E-state index contributed by atoms with van der Waals surface area (Å²) in [5.41, 5.74) is 13.3. The monoisotopic (exact) mass is 645 g/mol. The highest BCUT2D eigenvalue weighted by atomic mass is 16.5. The fourth-order valence-corrected chi connectivity index (χ4v) is 7.31. The Morgan fingerprint density at radius 3 is 1.94 bits per heavy atom. The molecule has 0 unspecified atom stereocenters. The van der Waals surface area contributed by atoms with Crippen molar-refractivity contribution in [2.24, 2.45) is 0 Å². The SMILES string of the molecule is Cc1nn(-c2cccc(Oc3ccc4c5ccccc5n(-c5cccc(C(C)(C)C)c5)c4c3)c2)c(C)c1-c1c(C(C)C)cccc1C(C)C. The van der Waals surface area contributed by atoms with Crippen molar-refractivity contribution >= 4 is 21.8 Å². The van der Waals surface area contributed by atoms with Gasteiger partial charge in [0.1, 0.15) is 11.5 Å². The van der Waals surface area contributed by atoms with Crippen molar-refractivity contribution < 1.29 is 4.74 Å². The second-order valence-electron chi connectivity index (χ2n) is 15.0. The van der Waals surface area contributed by atoms with Crippen LogP contribution in [0.5, 0.6) is 11.5 Å². The van der Waals surface area contributed by atoms with Crippen LogP contribution < -0.4 is 4.74 Å². The molecule has 0 radical (unpaired) electrons.